The Morgan fingerprint density at radius 2 is 1.07 bits per heavy atom. The second kappa shape index (κ2) is 16.5. The predicted molar refractivity (Wildman–Crippen MR) is 192 cm³/mol. The molecule has 4 aromatic rings. The summed E-state index contributed by atoms with van der Waals surface area (Å²) >= 11 is 12.7. The van der Waals surface area contributed by atoms with Crippen LogP contribution in [0.3, 0.4) is 0 Å². The van der Waals surface area contributed by atoms with E-state index in [2.05, 4.69) is 83.8 Å². The third kappa shape index (κ3) is 9.96. The van der Waals surface area contributed by atoms with Gasteiger partial charge in [0, 0.05) is 20.9 Å². The molecule has 0 bridgehead atoms. The highest BCUT2D eigenvalue weighted by Crippen LogP contribution is 2.43. The molecule has 0 aliphatic rings. The highest BCUT2D eigenvalue weighted by molar-refractivity contribution is 9.11. The van der Waals surface area contributed by atoms with Crippen LogP contribution in [0, 0.1) is 5.41 Å². The third-order valence-corrected chi connectivity index (χ3v) is 12.4. The van der Waals surface area contributed by atoms with Gasteiger partial charge in [0.05, 0.1) is 19.3 Å². The summed E-state index contributed by atoms with van der Waals surface area (Å²) < 4.78 is 12.1. The fourth-order valence-electron chi connectivity index (χ4n) is 5.46. The van der Waals surface area contributed by atoms with Crippen molar-refractivity contribution in [3.8, 4) is 20.9 Å². The van der Waals surface area contributed by atoms with Gasteiger partial charge in [0.1, 0.15) is 11.0 Å². The Morgan fingerprint density at radius 1 is 0.634 bits per heavy atom. The molecule has 0 aliphatic carbocycles. The molecule has 0 amide bonds. The number of benzene rings is 1. The number of thiophene rings is 2. The Hall–Kier alpha value is -0.600. The number of aryl methyl sites for hydroxylation is 2. The average Bonchev–Trinajstić information content (AvgIpc) is 3.65. The van der Waals surface area contributed by atoms with Crippen molar-refractivity contribution in [3.63, 3.8) is 0 Å². The van der Waals surface area contributed by atoms with Crippen LogP contribution in [0.25, 0.3) is 31.9 Å². The maximum Gasteiger partial charge on any atom is 0.114 e. The van der Waals surface area contributed by atoms with E-state index in [0.29, 0.717) is 5.41 Å². The summed E-state index contributed by atoms with van der Waals surface area (Å²) in [6.45, 7) is 9.32. The van der Waals surface area contributed by atoms with E-state index in [-0.39, 0.29) is 0 Å². The zero-order valence-corrected chi connectivity index (χ0v) is 30.9. The molecule has 4 rings (SSSR count). The summed E-state index contributed by atoms with van der Waals surface area (Å²) in [7, 11) is 0. The maximum absolute atomic E-state index is 4.78. The first-order chi connectivity index (χ1) is 19.8. The minimum absolute atomic E-state index is 0.473. The molecule has 0 radical (unpaired) electrons. The summed E-state index contributed by atoms with van der Waals surface area (Å²) in [5.74, 6) is 0. The summed E-state index contributed by atoms with van der Waals surface area (Å²) in [5, 5.41) is 0. The summed E-state index contributed by atoms with van der Waals surface area (Å²) in [6.07, 6.45) is 19.6. The summed E-state index contributed by atoms with van der Waals surface area (Å²) in [5.41, 5.74) is 7.81. The van der Waals surface area contributed by atoms with Crippen LogP contribution in [0.1, 0.15) is 122 Å². The molecule has 0 saturated heterocycles. The molecular formula is C34H46Br2N2S3. The second-order valence-corrected chi connectivity index (χ2v) is 17.9. The van der Waals surface area contributed by atoms with E-state index in [9.17, 15) is 0 Å². The topological polar surface area (TPSA) is 25.8 Å². The number of nitrogens with zero attached hydrogens (tertiary/aromatic N) is 2. The molecule has 0 unspecified atom stereocenters. The normalized spacial score (nSPS) is 12.1. The minimum Gasteiger partial charge on any atom is -0.172 e. The maximum atomic E-state index is 4.78. The van der Waals surface area contributed by atoms with E-state index in [1.54, 1.807) is 0 Å². The van der Waals surface area contributed by atoms with Crippen molar-refractivity contribution in [3.05, 3.63) is 43.0 Å². The molecule has 2 nitrogen and oxygen atoms in total. The van der Waals surface area contributed by atoms with Gasteiger partial charge >= 0.3 is 0 Å². The van der Waals surface area contributed by atoms with Crippen molar-refractivity contribution < 1.29 is 0 Å². The zero-order valence-electron chi connectivity index (χ0n) is 25.3. The number of hydrogen-bond donors (Lipinski definition) is 0. The standard InChI is InChI=1S/C34H46Br2N2S3/c1-5-6-7-8-11-14-17-24-22-28(39-32(24)35)26-19-20-27(31-30(26)37-41-38-31)29-23-25(33(36)40-29)18-15-12-9-10-13-16-21-34(2,3)4/h19-20,22-23H,5-18,21H2,1-4H3. The number of fused-ring (bicyclic) bond motifs is 1. The second-order valence-electron chi connectivity index (χ2n) is 12.6. The van der Waals surface area contributed by atoms with Crippen LogP contribution in [0.15, 0.2) is 31.8 Å². The molecule has 0 spiro atoms. The zero-order chi connectivity index (χ0) is 29.2. The van der Waals surface area contributed by atoms with Gasteiger partial charge in [0.2, 0.25) is 0 Å². The van der Waals surface area contributed by atoms with E-state index in [4.69, 9.17) is 8.75 Å². The Kier molecular flexibility index (Phi) is 13.4. The van der Waals surface area contributed by atoms with Crippen LogP contribution in [0.4, 0.5) is 0 Å². The lowest BCUT2D eigenvalue weighted by molar-refractivity contribution is 0.356. The lowest BCUT2D eigenvalue weighted by atomic mass is 9.89. The molecule has 224 valence electrons. The van der Waals surface area contributed by atoms with Crippen LogP contribution in [-0.4, -0.2) is 8.75 Å². The summed E-state index contributed by atoms with van der Waals surface area (Å²) in [4.78, 5) is 2.57. The van der Waals surface area contributed by atoms with Crippen LogP contribution < -0.4 is 0 Å². The van der Waals surface area contributed by atoms with E-state index in [1.807, 2.05) is 22.7 Å². The molecule has 3 aromatic heterocycles. The van der Waals surface area contributed by atoms with Crippen LogP contribution in [-0.2, 0) is 12.8 Å². The van der Waals surface area contributed by atoms with Gasteiger partial charge in [-0.2, -0.15) is 8.75 Å². The van der Waals surface area contributed by atoms with Crippen molar-refractivity contribution in [1.29, 1.82) is 0 Å². The monoisotopic (exact) mass is 736 g/mol. The van der Waals surface area contributed by atoms with Crippen LogP contribution in [0.5, 0.6) is 0 Å². The Morgan fingerprint density at radius 3 is 1.54 bits per heavy atom. The molecule has 0 saturated carbocycles. The van der Waals surface area contributed by atoms with E-state index >= 15 is 0 Å². The average molecular weight is 739 g/mol. The summed E-state index contributed by atoms with van der Waals surface area (Å²) in [6, 6.07) is 9.28. The van der Waals surface area contributed by atoms with Gasteiger partial charge in [-0.05, 0) is 92.6 Å². The van der Waals surface area contributed by atoms with Gasteiger partial charge in [0.15, 0.2) is 0 Å². The molecule has 41 heavy (non-hydrogen) atoms. The van der Waals surface area contributed by atoms with E-state index < -0.39 is 0 Å². The van der Waals surface area contributed by atoms with E-state index in [1.165, 1.54) is 135 Å². The van der Waals surface area contributed by atoms with Gasteiger partial charge in [-0.1, -0.05) is 104 Å². The molecule has 3 heterocycles. The van der Waals surface area contributed by atoms with Crippen molar-refractivity contribution in [2.45, 2.75) is 124 Å². The van der Waals surface area contributed by atoms with Gasteiger partial charge in [-0.15, -0.1) is 22.7 Å². The molecule has 0 fully saturated rings. The molecule has 7 heteroatoms. The number of unbranched alkanes of at least 4 members (excludes halogenated alkanes) is 10. The third-order valence-electron chi connectivity index (χ3n) is 7.88. The fraction of sp³-hybridized carbons (Fsp3) is 0.588. The van der Waals surface area contributed by atoms with Crippen molar-refractivity contribution in [2.75, 3.05) is 0 Å². The van der Waals surface area contributed by atoms with Gasteiger partial charge in [-0.3, -0.25) is 0 Å². The minimum atomic E-state index is 0.473. The quantitative estimate of drug-likeness (QED) is 0.101. The highest BCUT2D eigenvalue weighted by atomic mass is 79.9. The lowest BCUT2D eigenvalue weighted by Gasteiger charge is -2.17. The first-order valence-corrected chi connectivity index (χ1v) is 19.5. The molecular weight excluding hydrogens is 692 g/mol. The first kappa shape index (κ1) is 33.3. The Bertz CT molecular complexity index is 1360. The predicted octanol–water partition coefficient (Wildman–Crippen LogP) is 13.9. The van der Waals surface area contributed by atoms with Crippen molar-refractivity contribution >= 4 is 77.3 Å². The molecule has 0 N–H and O–H groups in total. The number of halogens is 2. The van der Waals surface area contributed by atoms with Gasteiger partial charge in [-0.25, -0.2) is 0 Å². The Balaban J connectivity index is 1.36. The largest absolute Gasteiger partial charge is 0.172 e. The van der Waals surface area contributed by atoms with Crippen LogP contribution >= 0.6 is 66.3 Å². The molecule has 1 aromatic carbocycles. The number of hydrogen-bond acceptors (Lipinski definition) is 5. The van der Waals surface area contributed by atoms with Crippen molar-refractivity contribution in [2.24, 2.45) is 5.41 Å². The number of rotatable bonds is 17. The van der Waals surface area contributed by atoms with Crippen LogP contribution in [0.2, 0.25) is 0 Å². The van der Waals surface area contributed by atoms with Gasteiger partial charge < -0.3 is 0 Å². The highest BCUT2D eigenvalue weighted by Gasteiger charge is 2.18. The smallest absolute Gasteiger partial charge is 0.114 e. The molecule has 0 aliphatic heterocycles. The fourth-order valence-corrected chi connectivity index (χ4v) is 9.62. The van der Waals surface area contributed by atoms with Crippen molar-refractivity contribution in [1.82, 2.24) is 8.75 Å². The lowest BCUT2D eigenvalue weighted by Crippen LogP contribution is -2.03. The SMILES string of the molecule is CCCCCCCCc1cc(-c2ccc(-c3cc(CCCCCCCCC(C)(C)C)c(Br)s3)c3nsnc23)sc1Br. The first-order valence-electron chi connectivity index (χ1n) is 15.6. The number of aromatic nitrogens is 2. The van der Waals surface area contributed by atoms with Gasteiger partial charge in [0.25, 0.3) is 0 Å². The Labute approximate surface area is 277 Å². The van der Waals surface area contributed by atoms with E-state index in [0.717, 1.165) is 23.9 Å². The molecule has 0 atom stereocenters.